The van der Waals surface area contributed by atoms with E-state index in [9.17, 15) is 14.0 Å². The topological polar surface area (TPSA) is 85.1 Å². The highest BCUT2D eigenvalue weighted by atomic mass is 79.9. The molecule has 0 saturated heterocycles. The highest BCUT2D eigenvalue weighted by molar-refractivity contribution is 9.10. The van der Waals surface area contributed by atoms with Gasteiger partial charge in [0.25, 0.3) is 11.8 Å². The molecule has 0 bridgehead atoms. The average molecular weight is 338 g/mol. The van der Waals surface area contributed by atoms with Crippen molar-refractivity contribution in [1.29, 1.82) is 0 Å². The van der Waals surface area contributed by atoms with Gasteiger partial charge in [0.1, 0.15) is 10.4 Å². The molecule has 0 radical (unpaired) electrons. The number of pyridine rings is 1. The van der Waals surface area contributed by atoms with Crippen molar-refractivity contribution in [3.63, 3.8) is 0 Å². The maximum absolute atomic E-state index is 13.3. The molecule has 0 unspecified atom stereocenters. The van der Waals surface area contributed by atoms with Crippen LogP contribution in [0.25, 0.3) is 0 Å². The SMILES string of the molecule is NC(=O)c1cc(NC(=O)c2ccc(Br)nc2)ccc1F. The predicted molar refractivity (Wildman–Crippen MR) is 74.8 cm³/mol. The Morgan fingerprint density at radius 1 is 1.25 bits per heavy atom. The summed E-state index contributed by atoms with van der Waals surface area (Å²) in [5.74, 6) is -2.06. The minimum atomic E-state index is -0.899. The summed E-state index contributed by atoms with van der Waals surface area (Å²) in [6.45, 7) is 0. The second-order valence-electron chi connectivity index (χ2n) is 3.88. The number of carbonyl (C=O) groups excluding carboxylic acids is 2. The van der Waals surface area contributed by atoms with Crippen molar-refractivity contribution >= 4 is 33.4 Å². The number of halogens is 2. The third-order valence-corrected chi connectivity index (χ3v) is 2.95. The molecule has 7 heteroatoms. The maximum Gasteiger partial charge on any atom is 0.257 e. The molecule has 0 fully saturated rings. The standard InChI is InChI=1S/C13H9BrFN3O2/c14-11-4-1-7(6-17-11)13(20)18-8-2-3-10(15)9(5-8)12(16)19/h1-6H,(H2,16,19)(H,18,20). The summed E-state index contributed by atoms with van der Waals surface area (Å²) in [6.07, 6.45) is 1.39. The van der Waals surface area contributed by atoms with Gasteiger partial charge >= 0.3 is 0 Å². The Hall–Kier alpha value is -2.28. The first kappa shape index (κ1) is 14.1. The summed E-state index contributed by atoms with van der Waals surface area (Å²) < 4.78 is 13.9. The van der Waals surface area contributed by atoms with Crippen LogP contribution in [0.4, 0.5) is 10.1 Å². The minimum Gasteiger partial charge on any atom is -0.366 e. The first-order chi connectivity index (χ1) is 9.47. The molecule has 1 aromatic carbocycles. The zero-order valence-electron chi connectivity index (χ0n) is 10.1. The van der Waals surface area contributed by atoms with Gasteiger partial charge in [-0.15, -0.1) is 0 Å². The summed E-state index contributed by atoms with van der Waals surface area (Å²) in [5, 5.41) is 2.53. The van der Waals surface area contributed by atoms with Gasteiger partial charge < -0.3 is 11.1 Å². The Morgan fingerprint density at radius 2 is 2.00 bits per heavy atom. The summed E-state index contributed by atoms with van der Waals surface area (Å²) in [4.78, 5) is 26.9. The van der Waals surface area contributed by atoms with Crippen LogP contribution < -0.4 is 11.1 Å². The van der Waals surface area contributed by atoms with E-state index in [4.69, 9.17) is 5.73 Å². The van der Waals surface area contributed by atoms with Crippen LogP contribution in [0.3, 0.4) is 0 Å². The van der Waals surface area contributed by atoms with Crippen LogP contribution >= 0.6 is 15.9 Å². The van der Waals surface area contributed by atoms with Gasteiger partial charge in [0, 0.05) is 11.9 Å². The van der Waals surface area contributed by atoms with E-state index < -0.39 is 17.6 Å². The number of anilines is 1. The molecule has 1 aromatic heterocycles. The van der Waals surface area contributed by atoms with E-state index in [0.29, 0.717) is 10.2 Å². The molecule has 3 N–H and O–H groups in total. The molecule has 0 aliphatic carbocycles. The molecule has 2 amide bonds. The lowest BCUT2D eigenvalue weighted by Gasteiger charge is -2.07. The number of amides is 2. The Morgan fingerprint density at radius 3 is 2.60 bits per heavy atom. The number of hydrogen-bond acceptors (Lipinski definition) is 3. The van der Waals surface area contributed by atoms with Crippen molar-refractivity contribution in [2.75, 3.05) is 5.32 Å². The second kappa shape index (κ2) is 5.79. The van der Waals surface area contributed by atoms with E-state index in [1.165, 1.54) is 18.3 Å². The number of primary amides is 1. The Bertz CT molecular complexity index is 674. The molecule has 1 heterocycles. The van der Waals surface area contributed by atoms with Crippen LogP contribution in [0.5, 0.6) is 0 Å². The van der Waals surface area contributed by atoms with Gasteiger partial charge in [-0.3, -0.25) is 9.59 Å². The molecule has 0 atom stereocenters. The fourth-order valence-corrected chi connectivity index (χ4v) is 1.74. The van der Waals surface area contributed by atoms with Crippen LogP contribution in [0, 0.1) is 5.82 Å². The lowest BCUT2D eigenvalue weighted by Crippen LogP contribution is -2.16. The van der Waals surface area contributed by atoms with Crippen LogP contribution in [0.15, 0.2) is 41.1 Å². The van der Waals surface area contributed by atoms with Crippen molar-refractivity contribution in [3.8, 4) is 0 Å². The minimum absolute atomic E-state index is 0.271. The first-order valence-corrected chi connectivity index (χ1v) is 6.29. The summed E-state index contributed by atoms with van der Waals surface area (Å²) in [6, 6.07) is 6.78. The summed E-state index contributed by atoms with van der Waals surface area (Å²) in [5.41, 5.74) is 5.36. The maximum atomic E-state index is 13.3. The van der Waals surface area contributed by atoms with E-state index in [0.717, 1.165) is 6.07 Å². The number of nitrogens with zero attached hydrogens (tertiary/aromatic N) is 1. The monoisotopic (exact) mass is 337 g/mol. The van der Waals surface area contributed by atoms with Crippen molar-refractivity contribution < 1.29 is 14.0 Å². The molecule has 0 aliphatic heterocycles. The van der Waals surface area contributed by atoms with Crippen LogP contribution in [0.2, 0.25) is 0 Å². The number of nitrogens with two attached hydrogens (primary N) is 1. The molecular weight excluding hydrogens is 329 g/mol. The zero-order valence-corrected chi connectivity index (χ0v) is 11.6. The number of nitrogens with one attached hydrogen (secondary N) is 1. The fraction of sp³-hybridized carbons (Fsp3) is 0. The third-order valence-electron chi connectivity index (χ3n) is 2.48. The van der Waals surface area contributed by atoms with Gasteiger partial charge in [-0.2, -0.15) is 0 Å². The molecule has 0 saturated carbocycles. The third kappa shape index (κ3) is 3.18. The van der Waals surface area contributed by atoms with Gasteiger partial charge in [0.05, 0.1) is 11.1 Å². The van der Waals surface area contributed by atoms with Crippen molar-refractivity contribution in [2.45, 2.75) is 0 Å². The summed E-state index contributed by atoms with van der Waals surface area (Å²) in [7, 11) is 0. The molecular formula is C13H9BrFN3O2. The van der Waals surface area contributed by atoms with Crippen LogP contribution in [-0.2, 0) is 0 Å². The molecule has 102 valence electrons. The fourth-order valence-electron chi connectivity index (χ4n) is 1.51. The Balaban J connectivity index is 2.21. The largest absolute Gasteiger partial charge is 0.366 e. The van der Waals surface area contributed by atoms with Gasteiger partial charge in [-0.25, -0.2) is 9.37 Å². The lowest BCUT2D eigenvalue weighted by atomic mass is 10.1. The van der Waals surface area contributed by atoms with Gasteiger partial charge in [-0.05, 0) is 46.3 Å². The lowest BCUT2D eigenvalue weighted by molar-refractivity contribution is 0.0992. The second-order valence-corrected chi connectivity index (χ2v) is 4.70. The van der Waals surface area contributed by atoms with Crippen molar-refractivity contribution in [3.05, 3.63) is 58.1 Å². The molecule has 0 spiro atoms. The molecule has 2 rings (SSSR count). The average Bonchev–Trinajstić information content (AvgIpc) is 2.41. The number of aromatic nitrogens is 1. The Kier molecular flexibility index (Phi) is 4.09. The highest BCUT2D eigenvalue weighted by Crippen LogP contribution is 2.15. The van der Waals surface area contributed by atoms with E-state index in [2.05, 4.69) is 26.2 Å². The normalized spacial score (nSPS) is 10.1. The molecule has 0 aliphatic rings. The van der Waals surface area contributed by atoms with E-state index in [-0.39, 0.29) is 11.3 Å². The number of rotatable bonds is 3. The van der Waals surface area contributed by atoms with Gasteiger partial charge in [-0.1, -0.05) is 0 Å². The smallest absolute Gasteiger partial charge is 0.257 e. The zero-order chi connectivity index (χ0) is 14.7. The van der Waals surface area contributed by atoms with Crippen molar-refractivity contribution in [2.24, 2.45) is 5.73 Å². The Labute approximate surface area is 122 Å². The van der Waals surface area contributed by atoms with Crippen LogP contribution in [0.1, 0.15) is 20.7 Å². The van der Waals surface area contributed by atoms with E-state index in [1.807, 2.05) is 0 Å². The van der Waals surface area contributed by atoms with Gasteiger partial charge in [0.2, 0.25) is 0 Å². The van der Waals surface area contributed by atoms with E-state index >= 15 is 0 Å². The quantitative estimate of drug-likeness (QED) is 0.843. The first-order valence-electron chi connectivity index (χ1n) is 5.49. The number of hydrogen-bond donors (Lipinski definition) is 2. The molecule has 2 aromatic rings. The highest BCUT2D eigenvalue weighted by Gasteiger charge is 2.11. The number of benzene rings is 1. The van der Waals surface area contributed by atoms with Crippen LogP contribution in [-0.4, -0.2) is 16.8 Å². The van der Waals surface area contributed by atoms with Crippen molar-refractivity contribution in [1.82, 2.24) is 4.98 Å². The van der Waals surface area contributed by atoms with E-state index in [1.54, 1.807) is 12.1 Å². The molecule has 5 nitrogen and oxygen atoms in total. The number of carbonyl (C=O) groups is 2. The molecule has 20 heavy (non-hydrogen) atoms. The predicted octanol–water partition coefficient (Wildman–Crippen LogP) is 2.33. The van der Waals surface area contributed by atoms with Gasteiger partial charge in [0.15, 0.2) is 0 Å². The summed E-state index contributed by atoms with van der Waals surface area (Å²) >= 11 is 3.16.